The standard InChI is InChI=1S/C6H10N2OS2/c1-8-5(11-2)3-4(10)7-6(8)9/h5H,3H2,1-2H3,(H,7,9,10)/t5-/m0/s1. The van der Waals surface area contributed by atoms with E-state index in [0.29, 0.717) is 4.99 Å². The quantitative estimate of drug-likeness (QED) is 0.627. The molecule has 1 aliphatic rings. The second-order valence-corrected chi connectivity index (χ2v) is 3.87. The first-order valence-corrected chi connectivity index (χ1v) is 4.94. The fourth-order valence-corrected chi connectivity index (χ4v) is 2.02. The Kier molecular flexibility index (Phi) is 2.72. The lowest BCUT2D eigenvalue weighted by atomic mass is 10.3. The molecule has 1 rings (SSSR count). The van der Waals surface area contributed by atoms with Crippen molar-refractivity contribution < 1.29 is 4.79 Å². The Morgan fingerprint density at radius 1 is 1.82 bits per heavy atom. The Labute approximate surface area is 75.5 Å². The van der Waals surface area contributed by atoms with Crippen LogP contribution in [0.1, 0.15) is 6.42 Å². The van der Waals surface area contributed by atoms with Gasteiger partial charge in [0.25, 0.3) is 0 Å². The zero-order chi connectivity index (χ0) is 8.43. The van der Waals surface area contributed by atoms with Crippen molar-refractivity contribution in [1.29, 1.82) is 0 Å². The Bertz CT molecular complexity index is 195. The predicted molar refractivity (Wildman–Crippen MR) is 50.8 cm³/mol. The first kappa shape index (κ1) is 8.80. The first-order valence-electron chi connectivity index (χ1n) is 3.24. The van der Waals surface area contributed by atoms with Gasteiger partial charge in [0, 0.05) is 13.5 Å². The van der Waals surface area contributed by atoms with Crippen LogP contribution in [0.25, 0.3) is 0 Å². The lowest BCUT2D eigenvalue weighted by molar-refractivity contribution is 0.207. The Balaban J connectivity index is 2.66. The maximum atomic E-state index is 11.1. The molecule has 3 nitrogen and oxygen atoms in total. The molecule has 0 saturated carbocycles. The molecule has 1 atom stereocenters. The van der Waals surface area contributed by atoms with Crippen LogP contribution in [0, 0.1) is 0 Å². The average Bonchev–Trinajstić information content (AvgIpc) is 1.96. The normalized spacial score (nSPS) is 25.3. The number of nitrogens with one attached hydrogen (secondary N) is 1. The van der Waals surface area contributed by atoms with Gasteiger partial charge >= 0.3 is 6.03 Å². The van der Waals surface area contributed by atoms with Crippen LogP contribution < -0.4 is 5.32 Å². The molecule has 0 radical (unpaired) electrons. The van der Waals surface area contributed by atoms with Gasteiger partial charge in [0.15, 0.2) is 0 Å². The van der Waals surface area contributed by atoms with Crippen LogP contribution in [0.3, 0.4) is 0 Å². The number of urea groups is 1. The largest absolute Gasteiger partial charge is 0.322 e. The van der Waals surface area contributed by atoms with E-state index in [1.807, 2.05) is 6.26 Å². The molecular formula is C6H10N2OS2. The molecule has 0 aromatic rings. The summed E-state index contributed by atoms with van der Waals surface area (Å²) in [7, 11) is 1.78. The summed E-state index contributed by atoms with van der Waals surface area (Å²) in [5.41, 5.74) is 0. The minimum atomic E-state index is -0.0967. The molecule has 1 fully saturated rings. The minimum absolute atomic E-state index is 0.0967. The lowest BCUT2D eigenvalue weighted by Crippen LogP contribution is -2.51. The summed E-state index contributed by atoms with van der Waals surface area (Å²) in [6.07, 6.45) is 2.74. The van der Waals surface area contributed by atoms with Crippen LogP contribution in [-0.2, 0) is 0 Å². The van der Waals surface area contributed by atoms with E-state index in [0.717, 1.165) is 6.42 Å². The van der Waals surface area contributed by atoms with E-state index in [-0.39, 0.29) is 11.4 Å². The van der Waals surface area contributed by atoms with Crippen LogP contribution >= 0.6 is 24.0 Å². The number of rotatable bonds is 1. The Morgan fingerprint density at radius 3 is 3.00 bits per heavy atom. The minimum Gasteiger partial charge on any atom is -0.315 e. The zero-order valence-corrected chi connectivity index (χ0v) is 8.09. The van der Waals surface area contributed by atoms with Crippen molar-refractivity contribution >= 4 is 35.0 Å². The molecule has 62 valence electrons. The van der Waals surface area contributed by atoms with E-state index < -0.39 is 0 Å². The SMILES string of the molecule is CS[C@H]1CC(=S)NC(=O)N1C. The van der Waals surface area contributed by atoms with Crippen molar-refractivity contribution in [1.82, 2.24) is 10.2 Å². The maximum absolute atomic E-state index is 11.1. The molecular weight excluding hydrogens is 180 g/mol. The number of hydrogen-bond acceptors (Lipinski definition) is 3. The molecule has 5 heteroatoms. The molecule has 0 aliphatic carbocycles. The molecule has 0 unspecified atom stereocenters. The van der Waals surface area contributed by atoms with Gasteiger partial charge in [0.2, 0.25) is 0 Å². The van der Waals surface area contributed by atoms with Gasteiger partial charge in [-0.1, -0.05) is 12.2 Å². The van der Waals surface area contributed by atoms with Crippen molar-refractivity contribution in [3.63, 3.8) is 0 Å². The van der Waals surface area contributed by atoms with Gasteiger partial charge < -0.3 is 10.2 Å². The van der Waals surface area contributed by atoms with E-state index in [4.69, 9.17) is 12.2 Å². The highest BCUT2D eigenvalue weighted by Gasteiger charge is 2.26. The summed E-state index contributed by atoms with van der Waals surface area (Å²) >= 11 is 6.55. The number of carbonyl (C=O) groups is 1. The molecule has 2 amide bonds. The third-order valence-electron chi connectivity index (χ3n) is 1.63. The van der Waals surface area contributed by atoms with Crippen molar-refractivity contribution in [2.75, 3.05) is 13.3 Å². The summed E-state index contributed by atoms with van der Waals surface area (Å²) in [4.78, 5) is 13.4. The topological polar surface area (TPSA) is 32.3 Å². The summed E-state index contributed by atoms with van der Waals surface area (Å²) in [6, 6.07) is -0.0967. The third-order valence-corrected chi connectivity index (χ3v) is 2.93. The predicted octanol–water partition coefficient (Wildman–Crippen LogP) is 1.05. The summed E-state index contributed by atoms with van der Waals surface area (Å²) in [6.45, 7) is 0. The first-order chi connectivity index (χ1) is 5.15. The summed E-state index contributed by atoms with van der Waals surface area (Å²) < 4.78 is 0. The van der Waals surface area contributed by atoms with E-state index in [1.165, 1.54) is 0 Å². The van der Waals surface area contributed by atoms with Gasteiger partial charge in [-0.05, 0) is 6.26 Å². The summed E-state index contributed by atoms with van der Waals surface area (Å²) in [5, 5.41) is 2.80. The smallest absolute Gasteiger partial charge is 0.315 e. The van der Waals surface area contributed by atoms with E-state index >= 15 is 0 Å². The van der Waals surface area contributed by atoms with Crippen LogP contribution in [0.15, 0.2) is 0 Å². The van der Waals surface area contributed by atoms with Crippen LogP contribution in [-0.4, -0.2) is 34.6 Å². The third kappa shape index (κ3) is 1.84. The molecule has 0 aromatic heterocycles. The molecule has 0 aromatic carbocycles. The van der Waals surface area contributed by atoms with Gasteiger partial charge in [-0.25, -0.2) is 4.79 Å². The van der Waals surface area contributed by atoms with Crippen LogP contribution in [0.5, 0.6) is 0 Å². The Morgan fingerprint density at radius 2 is 2.45 bits per heavy atom. The molecule has 1 aliphatic heterocycles. The monoisotopic (exact) mass is 190 g/mol. The highest BCUT2D eigenvalue weighted by Crippen LogP contribution is 2.18. The number of amides is 2. The van der Waals surface area contributed by atoms with E-state index in [9.17, 15) is 4.79 Å². The highest BCUT2D eigenvalue weighted by atomic mass is 32.2. The van der Waals surface area contributed by atoms with E-state index in [1.54, 1.807) is 23.7 Å². The number of thioether (sulfide) groups is 1. The van der Waals surface area contributed by atoms with Crippen LogP contribution in [0.2, 0.25) is 0 Å². The number of carbonyl (C=O) groups excluding carboxylic acids is 1. The van der Waals surface area contributed by atoms with E-state index in [2.05, 4.69) is 5.32 Å². The van der Waals surface area contributed by atoms with Crippen molar-refractivity contribution in [3.05, 3.63) is 0 Å². The number of nitrogens with zero attached hydrogens (tertiary/aromatic N) is 1. The fourth-order valence-electron chi connectivity index (χ4n) is 0.926. The molecule has 1 heterocycles. The lowest BCUT2D eigenvalue weighted by Gasteiger charge is -2.31. The highest BCUT2D eigenvalue weighted by molar-refractivity contribution is 7.99. The van der Waals surface area contributed by atoms with Gasteiger partial charge in [-0.15, -0.1) is 11.8 Å². The van der Waals surface area contributed by atoms with Gasteiger partial charge in [0.1, 0.15) is 0 Å². The van der Waals surface area contributed by atoms with Crippen molar-refractivity contribution in [2.24, 2.45) is 0 Å². The molecule has 0 bridgehead atoms. The zero-order valence-electron chi connectivity index (χ0n) is 6.46. The number of thiocarbonyl (C=S) groups is 1. The van der Waals surface area contributed by atoms with Gasteiger partial charge in [-0.2, -0.15) is 0 Å². The molecule has 1 saturated heterocycles. The Hall–Kier alpha value is -0.290. The molecule has 1 N–H and O–H groups in total. The maximum Gasteiger partial charge on any atom is 0.322 e. The van der Waals surface area contributed by atoms with Crippen molar-refractivity contribution in [2.45, 2.75) is 11.8 Å². The fraction of sp³-hybridized carbons (Fsp3) is 0.667. The van der Waals surface area contributed by atoms with Gasteiger partial charge in [0.05, 0.1) is 10.4 Å². The second kappa shape index (κ2) is 3.40. The number of hydrogen-bond donors (Lipinski definition) is 1. The van der Waals surface area contributed by atoms with Crippen LogP contribution in [0.4, 0.5) is 4.79 Å². The summed E-state index contributed by atoms with van der Waals surface area (Å²) in [5.74, 6) is 0. The molecule has 11 heavy (non-hydrogen) atoms. The second-order valence-electron chi connectivity index (χ2n) is 2.36. The van der Waals surface area contributed by atoms with Crippen molar-refractivity contribution in [3.8, 4) is 0 Å². The average molecular weight is 190 g/mol. The van der Waals surface area contributed by atoms with Gasteiger partial charge in [-0.3, -0.25) is 0 Å². The molecule has 0 spiro atoms.